The van der Waals surface area contributed by atoms with Gasteiger partial charge in [0.2, 0.25) is 10.0 Å². The number of ether oxygens (including phenoxy) is 1. The quantitative estimate of drug-likeness (QED) is 0.657. The Morgan fingerprint density at radius 3 is 2.56 bits per heavy atom. The van der Waals surface area contributed by atoms with Crippen molar-refractivity contribution in [3.8, 4) is 5.75 Å². The Morgan fingerprint density at radius 2 is 1.96 bits per heavy atom. The van der Waals surface area contributed by atoms with Gasteiger partial charge in [-0.3, -0.25) is 4.79 Å². The third-order valence-corrected chi connectivity index (χ3v) is 7.12. The third-order valence-electron chi connectivity index (χ3n) is 5.20. The molecule has 1 N–H and O–H groups in total. The molecule has 1 unspecified atom stereocenters. The normalized spacial score (nSPS) is 16.3. The number of hydrogen-bond donors (Lipinski definition) is 1. The molecule has 1 heterocycles. The number of unbranched alkanes of at least 4 members (excludes halogenated alkanes) is 1. The molecule has 0 saturated carbocycles. The molecule has 1 fully saturated rings. The second-order valence-electron chi connectivity index (χ2n) is 7.10. The largest absolute Gasteiger partial charge is 0.495 e. The number of nitrogens with one attached hydrogen (secondary N) is 1. The van der Waals surface area contributed by atoms with Gasteiger partial charge in [0.15, 0.2) is 0 Å². The van der Waals surface area contributed by atoms with Gasteiger partial charge < -0.3 is 10.1 Å². The maximum atomic E-state index is 12.9. The van der Waals surface area contributed by atoms with Crippen LogP contribution in [0.2, 0.25) is 0 Å². The summed E-state index contributed by atoms with van der Waals surface area (Å²) in [5.41, 5.74) is 0.346. The highest BCUT2D eigenvalue weighted by Gasteiger charge is 2.30. The number of carbonyl (C=O) groups excluding carboxylic acids is 1. The number of carbonyl (C=O) groups is 1. The highest BCUT2D eigenvalue weighted by molar-refractivity contribution is 7.89. The molecule has 152 valence electrons. The van der Waals surface area contributed by atoms with Gasteiger partial charge in [-0.05, 0) is 43.4 Å². The summed E-state index contributed by atoms with van der Waals surface area (Å²) in [5, 5.41) is 2.96. The van der Waals surface area contributed by atoms with Crippen LogP contribution in [0.5, 0.6) is 5.75 Å². The van der Waals surface area contributed by atoms with Crippen LogP contribution in [0.4, 0.5) is 0 Å². The highest BCUT2D eigenvalue weighted by atomic mass is 32.2. The molecule has 0 radical (unpaired) electrons. The van der Waals surface area contributed by atoms with Crippen molar-refractivity contribution >= 4 is 15.9 Å². The fourth-order valence-electron chi connectivity index (χ4n) is 3.37. The maximum Gasteiger partial charge on any atom is 0.251 e. The van der Waals surface area contributed by atoms with Crippen molar-refractivity contribution in [1.29, 1.82) is 0 Å². The first-order valence-electron chi connectivity index (χ1n) is 9.90. The lowest BCUT2D eigenvalue weighted by molar-refractivity contribution is 0.0945. The molecule has 0 aromatic heterocycles. The zero-order valence-electron chi connectivity index (χ0n) is 16.7. The Balaban J connectivity index is 2.17. The van der Waals surface area contributed by atoms with E-state index in [-0.39, 0.29) is 16.6 Å². The summed E-state index contributed by atoms with van der Waals surface area (Å²) >= 11 is 0. The SMILES string of the molecule is CCCCC(CC)CNC(=O)c1ccc(OC)c(S(=O)(=O)N2CCCC2)c1. The van der Waals surface area contributed by atoms with Gasteiger partial charge in [0.25, 0.3) is 5.91 Å². The number of benzene rings is 1. The fraction of sp³-hybridized carbons (Fsp3) is 0.650. The van der Waals surface area contributed by atoms with Crippen LogP contribution in [0.3, 0.4) is 0 Å². The zero-order valence-corrected chi connectivity index (χ0v) is 17.5. The fourth-order valence-corrected chi connectivity index (χ4v) is 5.07. The average Bonchev–Trinajstić information content (AvgIpc) is 3.23. The van der Waals surface area contributed by atoms with Crippen molar-refractivity contribution in [2.24, 2.45) is 5.92 Å². The molecule has 1 amide bonds. The summed E-state index contributed by atoms with van der Waals surface area (Å²) in [6, 6.07) is 4.62. The maximum absolute atomic E-state index is 12.9. The molecular formula is C20H32N2O4S. The minimum atomic E-state index is -3.66. The van der Waals surface area contributed by atoms with Gasteiger partial charge in [0, 0.05) is 25.2 Å². The van der Waals surface area contributed by atoms with Crippen LogP contribution >= 0.6 is 0 Å². The predicted octanol–water partition coefficient (Wildman–Crippen LogP) is 3.43. The second kappa shape index (κ2) is 10.1. The van der Waals surface area contributed by atoms with Gasteiger partial charge >= 0.3 is 0 Å². The van der Waals surface area contributed by atoms with Crippen LogP contribution in [0.15, 0.2) is 23.1 Å². The van der Waals surface area contributed by atoms with E-state index in [4.69, 9.17) is 4.74 Å². The number of hydrogen-bond acceptors (Lipinski definition) is 4. The van der Waals surface area contributed by atoms with E-state index in [1.807, 2.05) is 0 Å². The molecule has 27 heavy (non-hydrogen) atoms. The second-order valence-corrected chi connectivity index (χ2v) is 9.01. The topological polar surface area (TPSA) is 75.7 Å². The summed E-state index contributed by atoms with van der Waals surface area (Å²) in [6.45, 7) is 5.91. The number of methoxy groups -OCH3 is 1. The molecule has 2 rings (SSSR count). The van der Waals surface area contributed by atoms with E-state index < -0.39 is 10.0 Å². The van der Waals surface area contributed by atoms with Crippen molar-refractivity contribution in [1.82, 2.24) is 9.62 Å². The molecule has 0 aliphatic carbocycles. The highest BCUT2D eigenvalue weighted by Crippen LogP contribution is 2.29. The Hall–Kier alpha value is -1.60. The van der Waals surface area contributed by atoms with Crippen molar-refractivity contribution in [3.05, 3.63) is 23.8 Å². The van der Waals surface area contributed by atoms with E-state index in [0.717, 1.165) is 38.5 Å². The van der Waals surface area contributed by atoms with E-state index in [0.29, 0.717) is 31.1 Å². The van der Waals surface area contributed by atoms with E-state index >= 15 is 0 Å². The van der Waals surface area contributed by atoms with Crippen LogP contribution in [0, 0.1) is 5.92 Å². The third kappa shape index (κ3) is 5.45. The lowest BCUT2D eigenvalue weighted by Gasteiger charge is -2.19. The smallest absolute Gasteiger partial charge is 0.251 e. The van der Waals surface area contributed by atoms with Crippen LogP contribution in [-0.2, 0) is 10.0 Å². The molecule has 1 saturated heterocycles. The minimum Gasteiger partial charge on any atom is -0.495 e. The van der Waals surface area contributed by atoms with Crippen LogP contribution in [-0.4, -0.2) is 45.4 Å². The first-order chi connectivity index (χ1) is 12.9. The monoisotopic (exact) mass is 396 g/mol. The molecule has 0 bridgehead atoms. The van der Waals surface area contributed by atoms with Crippen molar-refractivity contribution in [2.45, 2.75) is 57.3 Å². The number of amides is 1. The van der Waals surface area contributed by atoms with E-state index in [1.165, 1.54) is 17.5 Å². The van der Waals surface area contributed by atoms with Gasteiger partial charge in [0.1, 0.15) is 10.6 Å². The predicted molar refractivity (Wildman–Crippen MR) is 107 cm³/mol. The van der Waals surface area contributed by atoms with E-state index in [2.05, 4.69) is 19.2 Å². The Labute approximate surface area is 163 Å². The van der Waals surface area contributed by atoms with E-state index in [1.54, 1.807) is 12.1 Å². The van der Waals surface area contributed by atoms with Crippen LogP contribution in [0.25, 0.3) is 0 Å². The van der Waals surface area contributed by atoms with Crippen molar-refractivity contribution in [3.63, 3.8) is 0 Å². The molecule has 7 heteroatoms. The number of sulfonamides is 1. The molecule has 0 spiro atoms. The molecule has 1 aliphatic heterocycles. The molecule has 1 aromatic rings. The van der Waals surface area contributed by atoms with Crippen LogP contribution in [0.1, 0.15) is 62.7 Å². The summed E-state index contributed by atoms with van der Waals surface area (Å²) in [4.78, 5) is 12.6. The van der Waals surface area contributed by atoms with E-state index in [9.17, 15) is 13.2 Å². The van der Waals surface area contributed by atoms with Gasteiger partial charge in [-0.15, -0.1) is 0 Å². The van der Waals surface area contributed by atoms with Crippen molar-refractivity contribution < 1.29 is 17.9 Å². The zero-order chi connectivity index (χ0) is 19.9. The summed E-state index contributed by atoms with van der Waals surface area (Å²) < 4.78 is 32.6. The lowest BCUT2D eigenvalue weighted by Crippen LogP contribution is -2.30. The Bertz CT molecular complexity index is 727. The van der Waals surface area contributed by atoms with Gasteiger partial charge in [-0.25, -0.2) is 8.42 Å². The molecule has 1 aromatic carbocycles. The average molecular weight is 397 g/mol. The lowest BCUT2D eigenvalue weighted by atomic mass is 9.99. The Morgan fingerprint density at radius 1 is 1.26 bits per heavy atom. The first-order valence-corrected chi connectivity index (χ1v) is 11.3. The minimum absolute atomic E-state index is 0.0672. The van der Waals surface area contributed by atoms with Gasteiger partial charge in [-0.1, -0.05) is 33.1 Å². The summed E-state index contributed by atoms with van der Waals surface area (Å²) in [5.74, 6) is 0.471. The van der Waals surface area contributed by atoms with Gasteiger partial charge in [-0.2, -0.15) is 4.31 Å². The molecule has 1 atom stereocenters. The molecule has 1 aliphatic rings. The Kier molecular flexibility index (Phi) is 8.10. The number of nitrogens with zero attached hydrogens (tertiary/aromatic N) is 1. The van der Waals surface area contributed by atoms with Crippen LogP contribution < -0.4 is 10.1 Å². The summed E-state index contributed by atoms with van der Waals surface area (Å²) in [7, 11) is -2.21. The molecular weight excluding hydrogens is 364 g/mol. The van der Waals surface area contributed by atoms with Crippen molar-refractivity contribution in [2.75, 3.05) is 26.7 Å². The molecule has 6 nitrogen and oxygen atoms in total. The van der Waals surface area contributed by atoms with Gasteiger partial charge in [0.05, 0.1) is 7.11 Å². The number of rotatable bonds is 10. The standard InChI is InChI=1S/C20H32N2O4S/c1-4-6-9-16(5-2)15-21-20(23)17-10-11-18(26-3)19(14-17)27(24,25)22-12-7-8-13-22/h10-11,14,16H,4-9,12-13,15H2,1-3H3,(H,21,23). The first kappa shape index (κ1) is 21.7. The summed E-state index contributed by atoms with van der Waals surface area (Å²) in [6.07, 6.45) is 6.10.